The van der Waals surface area contributed by atoms with Crippen LogP contribution in [0.1, 0.15) is 11.3 Å². The van der Waals surface area contributed by atoms with Gasteiger partial charge in [0, 0.05) is 38.2 Å². The van der Waals surface area contributed by atoms with Crippen LogP contribution in [0.5, 0.6) is 0 Å². The first-order valence-corrected chi connectivity index (χ1v) is 7.69. The molecule has 0 spiro atoms. The van der Waals surface area contributed by atoms with Crippen molar-refractivity contribution in [3.05, 3.63) is 51.9 Å². The monoisotopic (exact) mass is 298 g/mol. The van der Waals surface area contributed by atoms with Crippen LogP contribution in [0, 0.1) is 0 Å². The zero-order valence-electron chi connectivity index (χ0n) is 11.6. The molecule has 6 heteroatoms. The van der Waals surface area contributed by atoms with Crippen LogP contribution in [0.4, 0.5) is 5.13 Å². The van der Waals surface area contributed by atoms with E-state index < -0.39 is 0 Å². The van der Waals surface area contributed by atoms with E-state index in [1.54, 1.807) is 24.5 Å². The lowest BCUT2D eigenvalue weighted by molar-refractivity contribution is 0.624. The lowest BCUT2D eigenvalue weighted by atomic mass is 10.1. The van der Waals surface area contributed by atoms with Gasteiger partial charge in [-0.2, -0.15) is 5.10 Å². The van der Waals surface area contributed by atoms with Crippen LogP contribution in [0.2, 0.25) is 0 Å². The van der Waals surface area contributed by atoms with E-state index in [0.717, 1.165) is 34.9 Å². The average molecular weight is 298 g/mol. The van der Waals surface area contributed by atoms with Gasteiger partial charge < -0.3 is 4.90 Å². The summed E-state index contributed by atoms with van der Waals surface area (Å²) in [4.78, 5) is 18.7. The molecule has 1 aliphatic heterocycles. The van der Waals surface area contributed by atoms with E-state index in [9.17, 15) is 4.79 Å². The van der Waals surface area contributed by atoms with Crippen LogP contribution >= 0.6 is 11.3 Å². The Morgan fingerprint density at radius 3 is 3.00 bits per heavy atom. The highest BCUT2D eigenvalue weighted by Gasteiger charge is 2.21. The van der Waals surface area contributed by atoms with Gasteiger partial charge in [-0.05, 0) is 12.1 Å². The third-order valence-corrected chi connectivity index (χ3v) is 4.89. The predicted molar refractivity (Wildman–Crippen MR) is 83.9 cm³/mol. The maximum absolute atomic E-state index is 11.7. The molecule has 0 N–H and O–H groups in total. The Morgan fingerprint density at radius 1 is 1.29 bits per heavy atom. The first kappa shape index (κ1) is 12.5. The summed E-state index contributed by atoms with van der Waals surface area (Å²) in [5.74, 6) is 0. The molecular weight excluding hydrogens is 284 g/mol. The van der Waals surface area contributed by atoms with Crippen LogP contribution < -0.4 is 10.5 Å². The summed E-state index contributed by atoms with van der Waals surface area (Å²) < 4.78 is 2.60. The van der Waals surface area contributed by atoms with Crippen LogP contribution in [0.25, 0.3) is 10.2 Å². The zero-order valence-corrected chi connectivity index (χ0v) is 12.4. The minimum Gasteiger partial charge on any atom is -0.343 e. The molecule has 1 aromatic carbocycles. The predicted octanol–water partition coefficient (Wildman–Crippen LogP) is 1.95. The third kappa shape index (κ3) is 2.12. The van der Waals surface area contributed by atoms with Crippen LogP contribution in [-0.2, 0) is 20.0 Å². The molecule has 0 bridgehead atoms. The van der Waals surface area contributed by atoms with E-state index in [2.05, 4.69) is 21.0 Å². The van der Waals surface area contributed by atoms with Crippen LogP contribution in [0.3, 0.4) is 0 Å². The zero-order chi connectivity index (χ0) is 14.4. The van der Waals surface area contributed by atoms with Crippen LogP contribution in [0.15, 0.2) is 35.1 Å². The number of benzene rings is 1. The van der Waals surface area contributed by atoms with E-state index >= 15 is 0 Å². The van der Waals surface area contributed by atoms with Crippen molar-refractivity contribution in [3.63, 3.8) is 0 Å². The molecule has 3 heterocycles. The number of hydrogen-bond acceptors (Lipinski definition) is 5. The highest BCUT2D eigenvalue weighted by molar-refractivity contribution is 7.22. The molecule has 0 atom stereocenters. The second-order valence-corrected chi connectivity index (χ2v) is 6.22. The van der Waals surface area contributed by atoms with Gasteiger partial charge in [-0.15, -0.1) is 0 Å². The first-order valence-electron chi connectivity index (χ1n) is 6.87. The number of thiazole rings is 1. The minimum atomic E-state index is -0.0556. The fourth-order valence-electron chi connectivity index (χ4n) is 2.65. The molecule has 21 heavy (non-hydrogen) atoms. The van der Waals surface area contributed by atoms with Crippen molar-refractivity contribution in [2.75, 3.05) is 11.4 Å². The maximum atomic E-state index is 11.7. The standard InChI is InChI=1S/C15H14N4OS/c1-18-14(20)8-10-9-19(7-6-11(10)17-18)15-16-12-4-2-3-5-13(12)21-15/h2-5,8H,6-7,9H2,1H3. The quantitative estimate of drug-likeness (QED) is 0.689. The summed E-state index contributed by atoms with van der Waals surface area (Å²) in [6.45, 7) is 1.59. The Morgan fingerprint density at radius 2 is 2.14 bits per heavy atom. The molecule has 106 valence electrons. The highest BCUT2D eigenvalue weighted by atomic mass is 32.1. The third-order valence-electron chi connectivity index (χ3n) is 3.79. The smallest absolute Gasteiger partial charge is 0.266 e. The van der Waals surface area contributed by atoms with Gasteiger partial charge in [0.15, 0.2) is 5.13 Å². The van der Waals surface area contributed by atoms with Crippen molar-refractivity contribution >= 4 is 26.7 Å². The number of rotatable bonds is 1. The summed E-state index contributed by atoms with van der Waals surface area (Å²) in [6.07, 6.45) is 0.847. The highest BCUT2D eigenvalue weighted by Crippen LogP contribution is 2.31. The number of aryl methyl sites for hydroxylation is 1. The molecule has 0 aliphatic carbocycles. The van der Waals surface area contributed by atoms with Gasteiger partial charge in [0.2, 0.25) is 0 Å². The minimum absolute atomic E-state index is 0.0556. The second-order valence-electron chi connectivity index (χ2n) is 5.21. The summed E-state index contributed by atoms with van der Waals surface area (Å²) >= 11 is 1.70. The van der Waals surface area contributed by atoms with Gasteiger partial charge >= 0.3 is 0 Å². The van der Waals surface area contributed by atoms with E-state index in [-0.39, 0.29) is 5.56 Å². The maximum Gasteiger partial charge on any atom is 0.266 e. The molecule has 0 amide bonds. The van der Waals surface area contributed by atoms with Crippen molar-refractivity contribution in [3.8, 4) is 0 Å². The molecule has 1 aliphatic rings. The summed E-state index contributed by atoms with van der Waals surface area (Å²) in [5, 5.41) is 5.36. The van der Waals surface area contributed by atoms with Gasteiger partial charge in [-0.25, -0.2) is 9.67 Å². The molecule has 0 radical (unpaired) electrons. The second kappa shape index (κ2) is 4.66. The molecule has 3 aromatic rings. The largest absolute Gasteiger partial charge is 0.343 e. The molecule has 2 aromatic heterocycles. The Kier molecular flexibility index (Phi) is 2.78. The van der Waals surface area contributed by atoms with Crippen molar-refractivity contribution in [2.24, 2.45) is 7.05 Å². The summed E-state index contributed by atoms with van der Waals surface area (Å²) in [5.41, 5.74) is 3.02. The molecule has 0 unspecified atom stereocenters. The van der Waals surface area contributed by atoms with Gasteiger partial charge in [-0.1, -0.05) is 23.5 Å². The van der Waals surface area contributed by atoms with E-state index in [0.29, 0.717) is 6.54 Å². The number of anilines is 1. The molecule has 0 fully saturated rings. The lowest BCUT2D eigenvalue weighted by Gasteiger charge is -2.27. The molecule has 0 saturated carbocycles. The van der Waals surface area contributed by atoms with Crippen molar-refractivity contribution < 1.29 is 0 Å². The Balaban J connectivity index is 1.71. The fraction of sp³-hybridized carbons (Fsp3) is 0.267. The number of aromatic nitrogens is 3. The lowest BCUT2D eigenvalue weighted by Crippen LogP contribution is -2.34. The van der Waals surface area contributed by atoms with Gasteiger partial charge in [0.1, 0.15) is 0 Å². The van der Waals surface area contributed by atoms with E-state index in [1.807, 2.05) is 18.2 Å². The summed E-state index contributed by atoms with van der Waals surface area (Å²) in [6, 6.07) is 9.85. The van der Waals surface area contributed by atoms with Gasteiger partial charge in [-0.3, -0.25) is 4.79 Å². The number of nitrogens with zero attached hydrogens (tertiary/aromatic N) is 4. The Labute approximate surface area is 125 Å². The van der Waals surface area contributed by atoms with Gasteiger partial charge in [0.05, 0.1) is 15.9 Å². The van der Waals surface area contributed by atoms with E-state index in [4.69, 9.17) is 0 Å². The van der Waals surface area contributed by atoms with Crippen molar-refractivity contribution in [1.82, 2.24) is 14.8 Å². The molecular formula is C15H14N4OS. The number of hydrogen-bond donors (Lipinski definition) is 0. The molecule has 0 saturated heterocycles. The Hall–Kier alpha value is -2.21. The number of para-hydroxylation sites is 1. The van der Waals surface area contributed by atoms with Gasteiger partial charge in [0.25, 0.3) is 5.56 Å². The van der Waals surface area contributed by atoms with Crippen LogP contribution in [-0.4, -0.2) is 21.3 Å². The SMILES string of the molecule is Cn1nc2c(cc1=O)CN(c1nc3ccccc3s1)CC2. The van der Waals surface area contributed by atoms with E-state index in [1.165, 1.54) is 9.38 Å². The first-order chi connectivity index (χ1) is 10.2. The Bertz CT molecular complexity index is 850. The molecule has 5 nitrogen and oxygen atoms in total. The summed E-state index contributed by atoms with van der Waals surface area (Å²) in [7, 11) is 1.70. The molecule has 4 rings (SSSR count). The van der Waals surface area contributed by atoms with Crippen molar-refractivity contribution in [1.29, 1.82) is 0 Å². The number of fused-ring (bicyclic) bond motifs is 2. The topological polar surface area (TPSA) is 51.0 Å². The average Bonchev–Trinajstić information content (AvgIpc) is 2.92. The fourth-order valence-corrected chi connectivity index (χ4v) is 3.64. The van der Waals surface area contributed by atoms with Crippen molar-refractivity contribution in [2.45, 2.75) is 13.0 Å². The normalized spacial score (nSPS) is 14.4.